The van der Waals surface area contributed by atoms with Crippen LogP contribution < -0.4 is 10.6 Å². The molecule has 0 bridgehead atoms. The fourth-order valence-electron chi connectivity index (χ4n) is 1.77. The summed E-state index contributed by atoms with van der Waals surface area (Å²) in [6.07, 6.45) is -3.07. The third-order valence-electron chi connectivity index (χ3n) is 2.83. The molecule has 2 N–H and O–H groups in total. The lowest BCUT2D eigenvalue weighted by atomic mass is 10.1. The number of anilines is 3. The van der Waals surface area contributed by atoms with E-state index in [2.05, 4.69) is 36.5 Å². The summed E-state index contributed by atoms with van der Waals surface area (Å²) in [6, 6.07) is 4.04. The third kappa shape index (κ3) is 3.44. The molecule has 0 aliphatic heterocycles. The van der Waals surface area contributed by atoms with E-state index in [9.17, 15) is 13.2 Å². The van der Waals surface area contributed by atoms with Crippen LogP contribution in [0.15, 0.2) is 29.0 Å². The molecule has 0 aliphatic carbocycles. The molecule has 21 heavy (non-hydrogen) atoms. The van der Waals surface area contributed by atoms with Crippen LogP contribution in [0.5, 0.6) is 0 Å². The third-order valence-corrected chi connectivity index (χ3v) is 3.58. The van der Waals surface area contributed by atoms with E-state index in [4.69, 9.17) is 0 Å². The standard InChI is InChI=1S/C13H12BrF3N4/c1-7-3-4-8(5-9(7)13(15,16)17)21-12-10(14)11(18-2)19-6-20-12/h3-6H,1-2H3,(H2,18,19,20,21). The molecular formula is C13H12BrF3N4. The summed E-state index contributed by atoms with van der Waals surface area (Å²) in [7, 11) is 1.69. The minimum atomic E-state index is -4.39. The van der Waals surface area contributed by atoms with Crippen LogP contribution in [0.2, 0.25) is 0 Å². The molecule has 0 atom stereocenters. The molecule has 1 heterocycles. The highest BCUT2D eigenvalue weighted by molar-refractivity contribution is 9.10. The molecule has 0 spiro atoms. The Bertz CT molecular complexity index is 658. The van der Waals surface area contributed by atoms with Gasteiger partial charge in [-0.2, -0.15) is 13.2 Å². The molecule has 8 heteroatoms. The van der Waals surface area contributed by atoms with Crippen molar-refractivity contribution in [2.45, 2.75) is 13.1 Å². The Balaban J connectivity index is 2.37. The van der Waals surface area contributed by atoms with E-state index in [1.807, 2.05) is 0 Å². The normalized spacial score (nSPS) is 11.3. The lowest BCUT2D eigenvalue weighted by Crippen LogP contribution is -2.08. The van der Waals surface area contributed by atoms with Crippen LogP contribution in [0.25, 0.3) is 0 Å². The highest BCUT2D eigenvalue weighted by Crippen LogP contribution is 2.35. The van der Waals surface area contributed by atoms with Gasteiger partial charge in [-0.1, -0.05) is 6.07 Å². The number of hydrogen-bond donors (Lipinski definition) is 2. The van der Waals surface area contributed by atoms with Crippen molar-refractivity contribution in [3.63, 3.8) is 0 Å². The van der Waals surface area contributed by atoms with E-state index >= 15 is 0 Å². The summed E-state index contributed by atoms with van der Waals surface area (Å²) in [4.78, 5) is 7.99. The van der Waals surface area contributed by atoms with Gasteiger partial charge in [0.25, 0.3) is 0 Å². The molecule has 1 aromatic carbocycles. The van der Waals surface area contributed by atoms with Crippen molar-refractivity contribution in [1.82, 2.24) is 9.97 Å². The number of alkyl halides is 3. The van der Waals surface area contributed by atoms with E-state index in [1.54, 1.807) is 13.1 Å². The first kappa shape index (κ1) is 15.6. The van der Waals surface area contributed by atoms with Crippen LogP contribution in [-0.4, -0.2) is 17.0 Å². The van der Waals surface area contributed by atoms with Gasteiger partial charge in [-0.05, 0) is 40.5 Å². The number of aromatic nitrogens is 2. The van der Waals surface area contributed by atoms with Gasteiger partial charge in [0.15, 0.2) is 0 Å². The van der Waals surface area contributed by atoms with E-state index < -0.39 is 11.7 Å². The van der Waals surface area contributed by atoms with Crippen LogP contribution >= 0.6 is 15.9 Å². The van der Waals surface area contributed by atoms with Crippen molar-refractivity contribution in [1.29, 1.82) is 0 Å². The first-order valence-electron chi connectivity index (χ1n) is 5.96. The van der Waals surface area contributed by atoms with Crippen molar-refractivity contribution < 1.29 is 13.2 Å². The molecule has 0 saturated carbocycles. The topological polar surface area (TPSA) is 49.8 Å². The maximum Gasteiger partial charge on any atom is 0.416 e. The minimum absolute atomic E-state index is 0.172. The van der Waals surface area contributed by atoms with Gasteiger partial charge in [0.05, 0.1) is 5.56 Å². The molecule has 0 fully saturated rings. The molecular weight excluding hydrogens is 349 g/mol. The second-order valence-corrected chi connectivity index (χ2v) is 5.08. The van der Waals surface area contributed by atoms with Gasteiger partial charge >= 0.3 is 6.18 Å². The van der Waals surface area contributed by atoms with Crippen molar-refractivity contribution >= 4 is 33.3 Å². The Morgan fingerprint density at radius 2 is 1.81 bits per heavy atom. The Kier molecular flexibility index (Phi) is 4.36. The number of halogens is 4. The van der Waals surface area contributed by atoms with Crippen molar-refractivity contribution in [2.75, 3.05) is 17.7 Å². The zero-order chi connectivity index (χ0) is 15.6. The van der Waals surface area contributed by atoms with Gasteiger partial charge in [0.1, 0.15) is 22.4 Å². The van der Waals surface area contributed by atoms with Gasteiger partial charge < -0.3 is 10.6 Å². The smallest absolute Gasteiger partial charge is 0.372 e. The van der Waals surface area contributed by atoms with E-state index in [-0.39, 0.29) is 5.56 Å². The summed E-state index contributed by atoms with van der Waals surface area (Å²) in [5, 5.41) is 5.70. The van der Waals surface area contributed by atoms with Gasteiger partial charge in [-0.25, -0.2) is 9.97 Å². The van der Waals surface area contributed by atoms with Crippen molar-refractivity contribution in [2.24, 2.45) is 0 Å². The summed E-state index contributed by atoms with van der Waals surface area (Å²) < 4.78 is 39.2. The van der Waals surface area contributed by atoms with E-state index in [1.165, 1.54) is 19.3 Å². The fraction of sp³-hybridized carbons (Fsp3) is 0.231. The largest absolute Gasteiger partial charge is 0.416 e. The maximum atomic E-state index is 12.9. The second kappa shape index (κ2) is 5.88. The van der Waals surface area contributed by atoms with Crippen LogP contribution in [0.3, 0.4) is 0 Å². The van der Waals surface area contributed by atoms with Crippen molar-refractivity contribution in [3.05, 3.63) is 40.1 Å². The highest BCUT2D eigenvalue weighted by Gasteiger charge is 2.32. The molecule has 112 valence electrons. The molecule has 0 radical (unpaired) electrons. The number of nitrogens with one attached hydrogen (secondary N) is 2. The van der Waals surface area contributed by atoms with Gasteiger partial charge in [0, 0.05) is 12.7 Å². The number of rotatable bonds is 3. The average Bonchev–Trinajstić information content (AvgIpc) is 2.42. The Hall–Kier alpha value is -1.83. The molecule has 0 aliphatic rings. The first-order valence-corrected chi connectivity index (χ1v) is 6.75. The lowest BCUT2D eigenvalue weighted by Gasteiger charge is -2.14. The highest BCUT2D eigenvalue weighted by atomic mass is 79.9. The Labute approximate surface area is 127 Å². The molecule has 2 aromatic rings. The first-order chi connectivity index (χ1) is 9.82. The summed E-state index contributed by atoms with van der Waals surface area (Å²) in [5.74, 6) is 0.919. The Morgan fingerprint density at radius 1 is 1.14 bits per heavy atom. The number of aryl methyl sites for hydroxylation is 1. The predicted molar refractivity (Wildman–Crippen MR) is 78.7 cm³/mol. The summed E-state index contributed by atoms with van der Waals surface area (Å²) >= 11 is 3.30. The molecule has 0 unspecified atom stereocenters. The van der Waals surface area contributed by atoms with E-state index in [0.29, 0.717) is 21.8 Å². The van der Waals surface area contributed by atoms with Crippen molar-refractivity contribution in [3.8, 4) is 0 Å². The van der Waals surface area contributed by atoms with Crippen LogP contribution in [0.1, 0.15) is 11.1 Å². The molecule has 1 aromatic heterocycles. The molecule has 0 saturated heterocycles. The fourth-order valence-corrected chi connectivity index (χ4v) is 2.28. The Morgan fingerprint density at radius 3 is 2.43 bits per heavy atom. The van der Waals surface area contributed by atoms with Crippen LogP contribution in [0, 0.1) is 6.92 Å². The number of hydrogen-bond acceptors (Lipinski definition) is 4. The minimum Gasteiger partial charge on any atom is -0.372 e. The molecule has 4 nitrogen and oxygen atoms in total. The van der Waals surface area contributed by atoms with Crippen LogP contribution in [0.4, 0.5) is 30.5 Å². The van der Waals surface area contributed by atoms with Gasteiger partial charge in [-0.15, -0.1) is 0 Å². The molecule has 2 rings (SSSR count). The van der Waals surface area contributed by atoms with Crippen LogP contribution in [-0.2, 0) is 6.18 Å². The monoisotopic (exact) mass is 360 g/mol. The zero-order valence-corrected chi connectivity index (χ0v) is 12.8. The number of nitrogens with zero attached hydrogens (tertiary/aromatic N) is 2. The average molecular weight is 361 g/mol. The SMILES string of the molecule is CNc1ncnc(Nc2ccc(C)c(C(F)(F)F)c2)c1Br. The summed E-state index contributed by atoms with van der Waals surface area (Å²) in [5.41, 5.74) is -0.202. The maximum absolute atomic E-state index is 12.9. The zero-order valence-electron chi connectivity index (χ0n) is 11.2. The summed E-state index contributed by atoms with van der Waals surface area (Å²) in [6.45, 7) is 1.42. The predicted octanol–water partition coefficient (Wildman–Crippen LogP) is 4.35. The number of benzene rings is 1. The van der Waals surface area contributed by atoms with Gasteiger partial charge in [0.2, 0.25) is 0 Å². The second-order valence-electron chi connectivity index (χ2n) is 4.29. The lowest BCUT2D eigenvalue weighted by molar-refractivity contribution is -0.138. The van der Waals surface area contributed by atoms with Gasteiger partial charge in [-0.3, -0.25) is 0 Å². The van der Waals surface area contributed by atoms with E-state index in [0.717, 1.165) is 6.07 Å². The quantitative estimate of drug-likeness (QED) is 0.854. The molecule has 0 amide bonds.